The van der Waals surface area contributed by atoms with Crippen molar-refractivity contribution < 1.29 is 14.4 Å². The molecule has 0 saturated heterocycles. The number of carbonyl (C=O) groups is 3. The van der Waals surface area contributed by atoms with Crippen LogP contribution in [0.2, 0.25) is 15.1 Å². The first-order chi connectivity index (χ1) is 18.8. The molecule has 39 heavy (non-hydrogen) atoms. The first-order valence-electron chi connectivity index (χ1n) is 11.6. The van der Waals surface area contributed by atoms with Gasteiger partial charge in [-0.25, -0.2) is 0 Å². The zero-order valence-electron chi connectivity index (χ0n) is 20.3. The number of carbonyl (C=O) groups excluding carboxylic acids is 3. The van der Waals surface area contributed by atoms with Crippen LogP contribution in [0.4, 0.5) is 5.69 Å². The van der Waals surface area contributed by atoms with Crippen LogP contribution in [0.25, 0.3) is 6.08 Å². The molecule has 4 rings (SSSR count). The first kappa shape index (κ1) is 28.5. The Bertz CT molecular complexity index is 1540. The van der Waals surface area contributed by atoms with Crippen LogP contribution in [-0.2, 0) is 4.79 Å². The number of halogens is 3. The summed E-state index contributed by atoms with van der Waals surface area (Å²) in [6, 6.07) is 27.2. The molecule has 0 atom stereocenters. The first-order valence-corrected chi connectivity index (χ1v) is 13.8. The van der Waals surface area contributed by atoms with Crippen LogP contribution in [0, 0.1) is 0 Å². The monoisotopic (exact) mass is 594 g/mol. The minimum atomic E-state index is -0.551. The fourth-order valence-corrected chi connectivity index (χ4v) is 4.89. The fourth-order valence-electron chi connectivity index (χ4n) is 3.45. The highest BCUT2D eigenvalue weighted by molar-refractivity contribution is 8.00. The summed E-state index contributed by atoms with van der Waals surface area (Å²) in [5.74, 6) is -0.830. The number of anilines is 1. The molecule has 4 aromatic rings. The summed E-state index contributed by atoms with van der Waals surface area (Å²) in [6.45, 7) is 0. The van der Waals surface area contributed by atoms with Crippen LogP contribution >= 0.6 is 46.6 Å². The van der Waals surface area contributed by atoms with Crippen molar-refractivity contribution in [1.29, 1.82) is 0 Å². The molecular weight excluding hydrogens is 575 g/mol. The van der Waals surface area contributed by atoms with Gasteiger partial charge in [-0.2, -0.15) is 0 Å². The number of hydrogen-bond donors (Lipinski definition) is 2. The number of amides is 2. The van der Waals surface area contributed by atoms with Gasteiger partial charge in [-0.1, -0.05) is 65.1 Å². The van der Waals surface area contributed by atoms with Gasteiger partial charge in [-0.05, 0) is 78.4 Å². The molecule has 0 radical (unpaired) electrons. The molecule has 0 aliphatic carbocycles. The average molecular weight is 596 g/mol. The predicted octanol–water partition coefficient (Wildman–Crippen LogP) is 8.03. The lowest BCUT2D eigenvalue weighted by Crippen LogP contribution is -2.30. The Labute approximate surface area is 245 Å². The maximum Gasteiger partial charge on any atom is 0.272 e. The van der Waals surface area contributed by atoms with Gasteiger partial charge in [0.2, 0.25) is 0 Å². The minimum absolute atomic E-state index is 0.0101. The molecule has 0 aromatic heterocycles. The molecule has 0 unspecified atom stereocenters. The zero-order valence-corrected chi connectivity index (χ0v) is 23.4. The highest BCUT2D eigenvalue weighted by Crippen LogP contribution is 2.25. The lowest BCUT2D eigenvalue weighted by molar-refractivity contribution is -0.113. The smallest absolute Gasteiger partial charge is 0.272 e. The summed E-state index contributed by atoms with van der Waals surface area (Å²) >= 11 is 19.6. The molecule has 4 aromatic carbocycles. The van der Waals surface area contributed by atoms with Gasteiger partial charge >= 0.3 is 0 Å². The van der Waals surface area contributed by atoms with Gasteiger partial charge in [0.15, 0.2) is 5.78 Å². The summed E-state index contributed by atoms with van der Waals surface area (Å²) in [6.07, 6.45) is 1.48. The number of thioether (sulfide) groups is 1. The van der Waals surface area contributed by atoms with Crippen molar-refractivity contribution in [2.45, 2.75) is 4.90 Å². The van der Waals surface area contributed by atoms with Gasteiger partial charge in [0.05, 0.1) is 5.75 Å². The van der Waals surface area contributed by atoms with E-state index in [4.69, 9.17) is 34.8 Å². The van der Waals surface area contributed by atoms with Gasteiger partial charge in [0.1, 0.15) is 5.70 Å². The average Bonchev–Trinajstić information content (AvgIpc) is 2.93. The highest BCUT2D eigenvalue weighted by Gasteiger charge is 2.16. The second-order valence-corrected chi connectivity index (χ2v) is 10.6. The van der Waals surface area contributed by atoms with Crippen molar-refractivity contribution in [3.63, 3.8) is 0 Å². The lowest BCUT2D eigenvalue weighted by atomic mass is 10.1. The second-order valence-electron chi connectivity index (χ2n) is 8.24. The van der Waals surface area contributed by atoms with Crippen molar-refractivity contribution in [2.75, 3.05) is 11.1 Å². The normalized spacial score (nSPS) is 11.1. The molecule has 5 nitrogen and oxygen atoms in total. The van der Waals surface area contributed by atoms with E-state index < -0.39 is 11.8 Å². The predicted molar refractivity (Wildman–Crippen MR) is 160 cm³/mol. The molecule has 0 saturated carbocycles. The fraction of sp³-hybridized carbons (Fsp3) is 0.0333. The number of hydrogen-bond acceptors (Lipinski definition) is 4. The van der Waals surface area contributed by atoms with Crippen molar-refractivity contribution in [1.82, 2.24) is 5.32 Å². The van der Waals surface area contributed by atoms with E-state index >= 15 is 0 Å². The number of benzene rings is 4. The molecule has 0 spiro atoms. The number of nitrogens with one attached hydrogen (secondary N) is 2. The molecule has 0 aliphatic heterocycles. The van der Waals surface area contributed by atoms with E-state index in [-0.39, 0.29) is 17.2 Å². The van der Waals surface area contributed by atoms with Crippen LogP contribution in [0.3, 0.4) is 0 Å². The second kappa shape index (κ2) is 13.5. The highest BCUT2D eigenvalue weighted by atomic mass is 35.5. The van der Waals surface area contributed by atoms with Crippen LogP contribution in [0.1, 0.15) is 26.3 Å². The Morgan fingerprint density at radius 2 is 1.46 bits per heavy atom. The summed E-state index contributed by atoms with van der Waals surface area (Å²) in [7, 11) is 0. The third-order valence-electron chi connectivity index (χ3n) is 5.42. The third-order valence-corrected chi connectivity index (χ3v) is 7.23. The maximum atomic E-state index is 13.3. The van der Waals surface area contributed by atoms with Gasteiger partial charge in [-0.3, -0.25) is 14.4 Å². The minimum Gasteiger partial charge on any atom is -0.321 e. The largest absolute Gasteiger partial charge is 0.321 e. The summed E-state index contributed by atoms with van der Waals surface area (Å²) in [5.41, 5.74) is 1.95. The summed E-state index contributed by atoms with van der Waals surface area (Å²) < 4.78 is 0. The molecule has 2 N–H and O–H groups in total. The van der Waals surface area contributed by atoms with Crippen LogP contribution < -0.4 is 10.6 Å². The van der Waals surface area contributed by atoms with Gasteiger partial charge in [-0.15, -0.1) is 11.8 Å². The van der Waals surface area contributed by atoms with Gasteiger partial charge < -0.3 is 10.6 Å². The SMILES string of the molecule is O=C(Nc1cccc(SCC(=O)c2ccc(Cl)cc2)c1)/C(=C/c1ccc(Cl)cc1Cl)NC(=O)c1ccccc1. The Morgan fingerprint density at radius 1 is 0.744 bits per heavy atom. The van der Waals surface area contributed by atoms with E-state index in [1.54, 1.807) is 91.0 Å². The standard InChI is InChI=1S/C30H21Cl3N2O3S/c31-22-12-9-19(10-13-22)28(36)18-39-25-8-4-7-24(17-25)34-30(38)27(15-21-11-14-23(32)16-26(21)33)35-29(37)20-5-2-1-3-6-20/h1-17H,18H2,(H,34,38)(H,35,37)/b27-15-. The number of rotatable bonds is 9. The molecular formula is C30H21Cl3N2O3S. The van der Waals surface area contributed by atoms with E-state index in [1.165, 1.54) is 17.8 Å². The van der Waals surface area contributed by atoms with E-state index in [9.17, 15) is 14.4 Å². The molecule has 0 heterocycles. The van der Waals surface area contributed by atoms with E-state index in [1.807, 2.05) is 6.07 Å². The van der Waals surface area contributed by atoms with Gasteiger partial charge in [0.25, 0.3) is 11.8 Å². The number of Topliss-reactive ketones (excluding diaryl/α,β-unsaturated/α-hetero) is 1. The van der Waals surface area contributed by atoms with E-state index in [0.29, 0.717) is 37.4 Å². The molecule has 2 amide bonds. The maximum absolute atomic E-state index is 13.3. The number of ketones is 1. The van der Waals surface area contributed by atoms with Crippen molar-refractivity contribution >= 4 is 75.9 Å². The summed E-state index contributed by atoms with van der Waals surface area (Å²) in [5, 5.41) is 6.83. The van der Waals surface area contributed by atoms with Crippen LogP contribution in [-0.4, -0.2) is 23.4 Å². The molecule has 0 aliphatic rings. The molecule has 0 fully saturated rings. The molecule has 9 heteroatoms. The lowest BCUT2D eigenvalue weighted by Gasteiger charge is -2.12. The van der Waals surface area contributed by atoms with Crippen molar-refractivity contribution in [3.05, 3.63) is 135 Å². The Hall–Kier alpha value is -3.55. The van der Waals surface area contributed by atoms with Crippen LogP contribution in [0.5, 0.6) is 0 Å². The Kier molecular flexibility index (Phi) is 9.85. The molecule has 196 valence electrons. The Morgan fingerprint density at radius 3 is 2.18 bits per heavy atom. The van der Waals surface area contributed by atoms with Crippen molar-refractivity contribution in [2.24, 2.45) is 0 Å². The Balaban J connectivity index is 1.51. The van der Waals surface area contributed by atoms with Crippen molar-refractivity contribution in [3.8, 4) is 0 Å². The quantitative estimate of drug-likeness (QED) is 0.117. The topological polar surface area (TPSA) is 75.3 Å². The van der Waals surface area contributed by atoms with Gasteiger partial charge in [0, 0.05) is 36.8 Å². The van der Waals surface area contributed by atoms with E-state index in [0.717, 1.165) is 4.90 Å². The third kappa shape index (κ3) is 8.22. The zero-order chi connectivity index (χ0) is 27.8. The van der Waals surface area contributed by atoms with Crippen LogP contribution in [0.15, 0.2) is 108 Å². The van der Waals surface area contributed by atoms with E-state index in [2.05, 4.69) is 10.6 Å². The molecule has 0 bridgehead atoms. The summed E-state index contributed by atoms with van der Waals surface area (Å²) in [4.78, 5) is 39.5.